The number of piperidine rings is 1. The molecule has 6 heteroatoms. The minimum Gasteiger partial charge on any atom is -0.486 e. The molecule has 0 bridgehead atoms. The van der Waals surface area contributed by atoms with Gasteiger partial charge in [-0.15, -0.1) is 0 Å². The van der Waals surface area contributed by atoms with Crippen molar-refractivity contribution in [2.45, 2.75) is 38.0 Å². The molecule has 0 aromatic heterocycles. The van der Waals surface area contributed by atoms with Gasteiger partial charge in [0.05, 0.1) is 5.56 Å². The van der Waals surface area contributed by atoms with Gasteiger partial charge < -0.3 is 9.64 Å². The second-order valence-corrected chi connectivity index (χ2v) is 7.79. The van der Waals surface area contributed by atoms with Crippen LogP contribution >= 0.6 is 15.9 Å². The summed E-state index contributed by atoms with van der Waals surface area (Å²) in [6.45, 7) is 3.13. The summed E-state index contributed by atoms with van der Waals surface area (Å²) in [6, 6.07) is 12.8. The summed E-state index contributed by atoms with van der Waals surface area (Å²) in [4.78, 5) is 2.44. The molecule has 1 atom stereocenters. The van der Waals surface area contributed by atoms with Crippen molar-refractivity contribution in [3.8, 4) is 5.75 Å². The molecular formula is C21H23BrF3NO. The zero-order valence-electron chi connectivity index (χ0n) is 15.0. The molecule has 27 heavy (non-hydrogen) atoms. The number of halogens is 4. The summed E-state index contributed by atoms with van der Waals surface area (Å²) in [5.74, 6) is 0.453. The Morgan fingerprint density at radius 1 is 0.926 bits per heavy atom. The van der Waals surface area contributed by atoms with Gasteiger partial charge in [-0.1, -0.05) is 34.5 Å². The molecule has 1 aliphatic rings. The van der Waals surface area contributed by atoms with Gasteiger partial charge in [0.2, 0.25) is 0 Å². The molecule has 0 N–H and O–H groups in total. The molecule has 1 saturated heterocycles. The fraction of sp³-hybridized carbons (Fsp3) is 0.429. The van der Waals surface area contributed by atoms with Crippen molar-refractivity contribution in [2.24, 2.45) is 0 Å². The average Bonchev–Trinajstić information content (AvgIpc) is 2.66. The summed E-state index contributed by atoms with van der Waals surface area (Å²) in [7, 11) is 0. The highest BCUT2D eigenvalue weighted by atomic mass is 79.9. The van der Waals surface area contributed by atoms with Crippen molar-refractivity contribution in [1.82, 2.24) is 4.90 Å². The molecule has 3 rings (SSSR count). The predicted molar refractivity (Wildman–Crippen MR) is 104 cm³/mol. The van der Waals surface area contributed by atoms with Crippen molar-refractivity contribution in [3.63, 3.8) is 0 Å². The molecule has 0 amide bonds. The first-order valence-corrected chi connectivity index (χ1v) is 10.0. The number of ether oxygens (including phenoxy) is 1. The Labute approximate surface area is 166 Å². The van der Waals surface area contributed by atoms with E-state index in [4.69, 9.17) is 4.74 Å². The van der Waals surface area contributed by atoms with Crippen LogP contribution in [0.25, 0.3) is 0 Å². The highest BCUT2D eigenvalue weighted by molar-refractivity contribution is 9.10. The SMILES string of the molecule is FC(F)(F)c1ccc(OC(CCN2CCCCC2)c2ccc(Br)cc2)cc1. The molecule has 1 unspecified atom stereocenters. The molecule has 146 valence electrons. The Morgan fingerprint density at radius 2 is 1.56 bits per heavy atom. The lowest BCUT2D eigenvalue weighted by atomic mass is 10.0. The van der Waals surface area contributed by atoms with Gasteiger partial charge in [0.1, 0.15) is 11.9 Å². The van der Waals surface area contributed by atoms with Gasteiger partial charge in [0.15, 0.2) is 0 Å². The van der Waals surface area contributed by atoms with E-state index in [1.807, 2.05) is 24.3 Å². The van der Waals surface area contributed by atoms with Crippen molar-refractivity contribution < 1.29 is 17.9 Å². The molecular weight excluding hydrogens is 419 g/mol. The number of likely N-dealkylation sites (tertiary alicyclic amines) is 1. The quantitative estimate of drug-likeness (QED) is 0.509. The van der Waals surface area contributed by atoms with Crippen LogP contribution in [0.1, 0.15) is 42.9 Å². The summed E-state index contributed by atoms with van der Waals surface area (Å²) < 4.78 is 45.4. The third-order valence-electron chi connectivity index (χ3n) is 4.86. The van der Waals surface area contributed by atoms with Crippen molar-refractivity contribution in [2.75, 3.05) is 19.6 Å². The fourth-order valence-electron chi connectivity index (χ4n) is 3.34. The normalized spacial score (nSPS) is 16.9. The van der Waals surface area contributed by atoms with Crippen LogP contribution in [0, 0.1) is 0 Å². The zero-order valence-corrected chi connectivity index (χ0v) is 16.6. The van der Waals surface area contributed by atoms with Crippen molar-refractivity contribution >= 4 is 15.9 Å². The second-order valence-electron chi connectivity index (χ2n) is 6.87. The van der Waals surface area contributed by atoms with Crippen molar-refractivity contribution in [1.29, 1.82) is 0 Å². The second kappa shape index (κ2) is 9.11. The predicted octanol–water partition coefficient (Wildman–Crippen LogP) is 6.46. The highest BCUT2D eigenvalue weighted by Gasteiger charge is 2.30. The zero-order chi connectivity index (χ0) is 19.3. The van der Waals surface area contributed by atoms with Crippen LogP contribution in [0.5, 0.6) is 5.75 Å². The van der Waals surface area contributed by atoms with Crippen LogP contribution in [0.2, 0.25) is 0 Å². The first-order valence-electron chi connectivity index (χ1n) is 9.23. The van der Waals surface area contributed by atoms with E-state index >= 15 is 0 Å². The Balaban J connectivity index is 1.71. The lowest BCUT2D eigenvalue weighted by Crippen LogP contribution is -2.31. The maximum absolute atomic E-state index is 12.8. The number of benzene rings is 2. The van der Waals surface area contributed by atoms with Crippen LogP contribution in [0.4, 0.5) is 13.2 Å². The number of nitrogens with zero attached hydrogens (tertiary/aromatic N) is 1. The maximum atomic E-state index is 12.8. The van der Waals surface area contributed by atoms with Gasteiger partial charge in [-0.3, -0.25) is 0 Å². The first-order chi connectivity index (χ1) is 12.9. The first kappa shape index (κ1) is 20.2. The summed E-state index contributed by atoms with van der Waals surface area (Å²) in [5, 5.41) is 0. The van der Waals surface area contributed by atoms with Crippen LogP contribution < -0.4 is 4.74 Å². The minimum absolute atomic E-state index is 0.197. The standard InChI is InChI=1S/C21H23BrF3NO/c22-18-8-4-16(5-9-18)20(12-15-26-13-2-1-3-14-26)27-19-10-6-17(7-11-19)21(23,24)25/h4-11,20H,1-3,12-15H2. The third kappa shape index (κ3) is 5.98. The topological polar surface area (TPSA) is 12.5 Å². The molecule has 0 aliphatic carbocycles. The van der Waals surface area contributed by atoms with E-state index in [0.717, 1.165) is 48.2 Å². The molecule has 2 aromatic rings. The molecule has 2 nitrogen and oxygen atoms in total. The maximum Gasteiger partial charge on any atom is 0.416 e. The Morgan fingerprint density at radius 3 is 2.15 bits per heavy atom. The Hall–Kier alpha value is -1.53. The van der Waals surface area contributed by atoms with E-state index in [1.165, 1.54) is 31.4 Å². The van der Waals surface area contributed by atoms with E-state index in [1.54, 1.807) is 0 Å². The van der Waals surface area contributed by atoms with Gasteiger partial charge in [-0.25, -0.2) is 0 Å². The van der Waals surface area contributed by atoms with Crippen LogP contribution in [0.3, 0.4) is 0 Å². The third-order valence-corrected chi connectivity index (χ3v) is 5.39. The number of alkyl halides is 3. The molecule has 1 fully saturated rings. The Kier molecular flexibility index (Phi) is 6.82. The smallest absolute Gasteiger partial charge is 0.416 e. The molecule has 1 aliphatic heterocycles. The molecule has 1 heterocycles. The number of hydrogen-bond donors (Lipinski definition) is 0. The summed E-state index contributed by atoms with van der Waals surface area (Å²) in [6.07, 6.45) is -0.00233. The van der Waals surface area contributed by atoms with Gasteiger partial charge in [-0.05, 0) is 67.9 Å². The monoisotopic (exact) mass is 441 g/mol. The molecule has 0 saturated carbocycles. The van der Waals surface area contributed by atoms with Gasteiger partial charge in [0, 0.05) is 17.4 Å². The Bertz CT molecular complexity index is 710. The van der Waals surface area contributed by atoms with Gasteiger partial charge in [-0.2, -0.15) is 13.2 Å². The number of hydrogen-bond acceptors (Lipinski definition) is 2. The van der Waals surface area contributed by atoms with Crippen LogP contribution in [-0.2, 0) is 6.18 Å². The number of rotatable bonds is 6. The largest absolute Gasteiger partial charge is 0.486 e. The van der Waals surface area contributed by atoms with E-state index in [2.05, 4.69) is 20.8 Å². The lowest BCUT2D eigenvalue weighted by Gasteiger charge is -2.28. The van der Waals surface area contributed by atoms with E-state index in [0.29, 0.717) is 5.75 Å². The van der Waals surface area contributed by atoms with E-state index in [9.17, 15) is 13.2 Å². The summed E-state index contributed by atoms with van der Waals surface area (Å²) in [5.41, 5.74) is 0.360. The molecule has 0 radical (unpaired) electrons. The fourth-order valence-corrected chi connectivity index (χ4v) is 3.60. The van der Waals surface area contributed by atoms with Crippen LogP contribution in [-0.4, -0.2) is 24.5 Å². The minimum atomic E-state index is -4.34. The van der Waals surface area contributed by atoms with Gasteiger partial charge in [0.25, 0.3) is 0 Å². The molecule has 0 spiro atoms. The van der Waals surface area contributed by atoms with Crippen LogP contribution in [0.15, 0.2) is 53.0 Å². The highest BCUT2D eigenvalue weighted by Crippen LogP contribution is 2.32. The van der Waals surface area contributed by atoms with E-state index in [-0.39, 0.29) is 6.10 Å². The lowest BCUT2D eigenvalue weighted by molar-refractivity contribution is -0.137. The van der Waals surface area contributed by atoms with Gasteiger partial charge >= 0.3 is 6.18 Å². The van der Waals surface area contributed by atoms with Crippen molar-refractivity contribution in [3.05, 3.63) is 64.1 Å². The average molecular weight is 442 g/mol. The van der Waals surface area contributed by atoms with E-state index < -0.39 is 11.7 Å². The molecule has 2 aromatic carbocycles. The summed E-state index contributed by atoms with van der Waals surface area (Å²) >= 11 is 3.43.